The molecular formula is C18H22N2O. The first kappa shape index (κ1) is 15.3. The second-order valence-electron chi connectivity index (χ2n) is 5.29. The molecule has 3 heteroatoms. The minimum atomic E-state index is -0.0532. The number of hydrogen-bond acceptors (Lipinski definition) is 2. The molecule has 2 rings (SSSR count). The summed E-state index contributed by atoms with van der Waals surface area (Å²) < 4.78 is 0. The fraction of sp³-hybridized carbons (Fsp3) is 0.278. The fourth-order valence-corrected chi connectivity index (χ4v) is 2.16. The topological polar surface area (TPSA) is 41.1 Å². The Hall–Kier alpha value is -2.13. The van der Waals surface area contributed by atoms with E-state index in [0.717, 1.165) is 6.54 Å². The first-order chi connectivity index (χ1) is 10.1. The second-order valence-corrected chi connectivity index (χ2v) is 5.29. The Morgan fingerprint density at radius 3 is 2.24 bits per heavy atom. The standard InChI is InChI=1S/C18H22N2O/c1-13-4-8-16(9-5-13)14(2)20-12-15-6-10-17(11-7-15)18(21)19-3/h4-11,14,20H,12H2,1-3H3,(H,19,21)/t14-/m1/s1. The van der Waals surface area contributed by atoms with Gasteiger partial charge in [0.05, 0.1) is 0 Å². The van der Waals surface area contributed by atoms with Crippen LogP contribution in [-0.4, -0.2) is 13.0 Å². The highest BCUT2D eigenvalue weighted by Crippen LogP contribution is 2.14. The number of carbonyl (C=O) groups excluding carboxylic acids is 1. The van der Waals surface area contributed by atoms with Gasteiger partial charge in [-0.05, 0) is 37.1 Å². The van der Waals surface area contributed by atoms with E-state index in [-0.39, 0.29) is 5.91 Å². The molecule has 0 aliphatic carbocycles. The van der Waals surface area contributed by atoms with Crippen molar-refractivity contribution >= 4 is 5.91 Å². The van der Waals surface area contributed by atoms with E-state index in [1.165, 1.54) is 16.7 Å². The Morgan fingerprint density at radius 2 is 1.67 bits per heavy atom. The maximum absolute atomic E-state index is 11.5. The van der Waals surface area contributed by atoms with Crippen LogP contribution in [0, 0.1) is 6.92 Å². The number of aryl methyl sites for hydroxylation is 1. The van der Waals surface area contributed by atoms with Gasteiger partial charge in [-0.15, -0.1) is 0 Å². The zero-order chi connectivity index (χ0) is 15.2. The normalized spacial score (nSPS) is 12.0. The van der Waals surface area contributed by atoms with Crippen LogP contribution in [0.5, 0.6) is 0 Å². The molecule has 1 atom stereocenters. The molecule has 110 valence electrons. The minimum absolute atomic E-state index is 0.0532. The molecule has 0 heterocycles. The summed E-state index contributed by atoms with van der Waals surface area (Å²) in [5, 5.41) is 6.12. The van der Waals surface area contributed by atoms with E-state index in [2.05, 4.69) is 48.7 Å². The van der Waals surface area contributed by atoms with Gasteiger partial charge in [-0.1, -0.05) is 42.0 Å². The molecule has 0 bridgehead atoms. The lowest BCUT2D eigenvalue weighted by molar-refractivity contribution is 0.0963. The lowest BCUT2D eigenvalue weighted by atomic mass is 10.1. The molecule has 0 radical (unpaired) electrons. The predicted octanol–water partition coefficient (Wildman–Crippen LogP) is 3.21. The lowest BCUT2D eigenvalue weighted by Crippen LogP contribution is -2.19. The molecule has 0 aliphatic rings. The third-order valence-corrected chi connectivity index (χ3v) is 3.63. The highest BCUT2D eigenvalue weighted by molar-refractivity contribution is 5.93. The van der Waals surface area contributed by atoms with Crippen LogP contribution in [0.1, 0.15) is 40.0 Å². The molecule has 21 heavy (non-hydrogen) atoms. The first-order valence-corrected chi connectivity index (χ1v) is 7.21. The SMILES string of the molecule is CNC(=O)c1ccc(CN[C@H](C)c2ccc(C)cc2)cc1. The molecule has 1 amide bonds. The summed E-state index contributed by atoms with van der Waals surface area (Å²) >= 11 is 0. The van der Waals surface area contributed by atoms with E-state index in [1.54, 1.807) is 7.05 Å². The Morgan fingerprint density at radius 1 is 1.05 bits per heavy atom. The van der Waals surface area contributed by atoms with Crippen LogP contribution in [0.25, 0.3) is 0 Å². The fourth-order valence-electron chi connectivity index (χ4n) is 2.16. The van der Waals surface area contributed by atoms with Crippen molar-refractivity contribution in [1.82, 2.24) is 10.6 Å². The van der Waals surface area contributed by atoms with Gasteiger partial charge in [-0.2, -0.15) is 0 Å². The summed E-state index contributed by atoms with van der Waals surface area (Å²) in [4.78, 5) is 11.5. The minimum Gasteiger partial charge on any atom is -0.355 e. The van der Waals surface area contributed by atoms with Crippen molar-refractivity contribution in [2.45, 2.75) is 26.4 Å². The van der Waals surface area contributed by atoms with Gasteiger partial charge < -0.3 is 10.6 Å². The molecule has 2 N–H and O–H groups in total. The van der Waals surface area contributed by atoms with Gasteiger partial charge in [-0.25, -0.2) is 0 Å². The van der Waals surface area contributed by atoms with Gasteiger partial charge in [0, 0.05) is 25.2 Å². The lowest BCUT2D eigenvalue weighted by Gasteiger charge is -2.14. The van der Waals surface area contributed by atoms with E-state index >= 15 is 0 Å². The molecule has 3 nitrogen and oxygen atoms in total. The molecule has 0 unspecified atom stereocenters. The van der Waals surface area contributed by atoms with E-state index in [4.69, 9.17) is 0 Å². The summed E-state index contributed by atoms with van der Waals surface area (Å²) in [7, 11) is 1.64. The first-order valence-electron chi connectivity index (χ1n) is 7.21. The maximum Gasteiger partial charge on any atom is 0.251 e. The molecule has 0 fully saturated rings. The number of amides is 1. The Bertz CT molecular complexity index is 588. The molecule has 0 spiro atoms. The Labute approximate surface area is 126 Å². The van der Waals surface area contributed by atoms with Gasteiger partial charge in [0.1, 0.15) is 0 Å². The van der Waals surface area contributed by atoms with Crippen molar-refractivity contribution in [3.8, 4) is 0 Å². The monoisotopic (exact) mass is 282 g/mol. The zero-order valence-corrected chi connectivity index (χ0v) is 12.8. The van der Waals surface area contributed by atoms with Gasteiger partial charge in [0.25, 0.3) is 5.91 Å². The third-order valence-electron chi connectivity index (χ3n) is 3.63. The van der Waals surface area contributed by atoms with Crippen LogP contribution in [0.4, 0.5) is 0 Å². The molecule has 0 saturated heterocycles. The van der Waals surface area contributed by atoms with E-state index < -0.39 is 0 Å². The summed E-state index contributed by atoms with van der Waals surface area (Å²) in [5.41, 5.74) is 4.41. The number of nitrogens with one attached hydrogen (secondary N) is 2. The van der Waals surface area contributed by atoms with Crippen molar-refractivity contribution in [1.29, 1.82) is 0 Å². The maximum atomic E-state index is 11.5. The van der Waals surface area contributed by atoms with Crippen LogP contribution >= 0.6 is 0 Å². The van der Waals surface area contributed by atoms with E-state index in [9.17, 15) is 4.79 Å². The van der Waals surface area contributed by atoms with Crippen LogP contribution in [0.2, 0.25) is 0 Å². The number of hydrogen-bond donors (Lipinski definition) is 2. The quantitative estimate of drug-likeness (QED) is 0.884. The van der Waals surface area contributed by atoms with Gasteiger partial charge in [0.15, 0.2) is 0 Å². The summed E-state index contributed by atoms with van der Waals surface area (Å²) in [6, 6.07) is 16.5. The average Bonchev–Trinajstić information content (AvgIpc) is 2.53. The molecular weight excluding hydrogens is 260 g/mol. The van der Waals surface area contributed by atoms with Crippen LogP contribution < -0.4 is 10.6 Å². The Kier molecular flexibility index (Phi) is 5.12. The summed E-state index contributed by atoms with van der Waals surface area (Å²) in [5.74, 6) is -0.0532. The second kappa shape index (κ2) is 7.04. The Balaban J connectivity index is 1.93. The molecule has 0 aromatic heterocycles. The van der Waals surface area contributed by atoms with Gasteiger partial charge in [0.2, 0.25) is 0 Å². The predicted molar refractivity (Wildman–Crippen MR) is 86.3 cm³/mol. The summed E-state index contributed by atoms with van der Waals surface area (Å²) in [6.07, 6.45) is 0. The molecule has 0 aliphatic heterocycles. The average molecular weight is 282 g/mol. The van der Waals surface area contributed by atoms with E-state index in [0.29, 0.717) is 11.6 Å². The van der Waals surface area contributed by atoms with Crippen molar-refractivity contribution in [2.24, 2.45) is 0 Å². The van der Waals surface area contributed by atoms with Gasteiger partial charge >= 0.3 is 0 Å². The van der Waals surface area contributed by atoms with Crippen molar-refractivity contribution in [2.75, 3.05) is 7.05 Å². The van der Waals surface area contributed by atoms with Crippen molar-refractivity contribution in [3.05, 3.63) is 70.8 Å². The highest BCUT2D eigenvalue weighted by atomic mass is 16.1. The van der Waals surface area contributed by atoms with Gasteiger partial charge in [-0.3, -0.25) is 4.79 Å². The smallest absolute Gasteiger partial charge is 0.251 e. The zero-order valence-electron chi connectivity index (χ0n) is 12.8. The highest BCUT2D eigenvalue weighted by Gasteiger charge is 2.05. The number of rotatable bonds is 5. The van der Waals surface area contributed by atoms with Crippen molar-refractivity contribution in [3.63, 3.8) is 0 Å². The number of carbonyl (C=O) groups is 1. The van der Waals surface area contributed by atoms with Crippen LogP contribution in [-0.2, 0) is 6.54 Å². The molecule has 2 aromatic rings. The van der Waals surface area contributed by atoms with E-state index in [1.807, 2.05) is 24.3 Å². The van der Waals surface area contributed by atoms with Crippen molar-refractivity contribution < 1.29 is 4.79 Å². The molecule has 2 aromatic carbocycles. The third kappa shape index (κ3) is 4.17. The molecule has 0 saturated carbocycles. The number of benzene rings is 2. The van der Waals surface area contributed by atoms with Crippen LogP contribution in [0.15, 0.2) is 48.5 Å². The summed E-state index contributed by atoms with van der Waals surface area (Å²) in [6.45, 7) is 5.03. The largest absolute Gasteiger partial charge is 0.355 e. The van der Waals surface area contributed by atoms with Crippen LogP contribution in [0.3, 0.4) is 0 Å².